The highest BCUT2D eigenvalue weighted by Crippen LogP contribution is 2.37. The molecule has 3 heterocycles. The number of likely N-dealkylation sites (tertiary alicyclic amines) is 1. The lowest BCUT2D eigenvalue weighted by molar-refractivity contribution is -0.185. The Hall–Kier alpha value is -3.78. The number of carbonyl (C=O) groups is 1. The van der Waals surface area contributed by atoms with Crippen LogP contribution in [0, 0.1) is 5.92 Å². The summed E-state index contributed by atoms with van der Waals surface area (Å²) in [6, 6.07) is 9.88. The number of rotatable bonds is 10. The highest BCUT2D eigenvalue weighted by Gasteiger charge is 2.41. The number of piperidine rings is 1. The maximum absolute atomic E-state index is 13.2. The molecule has 1 fully saturated rings. The molecule has 1 aromatic heterocycles. The first-order chi connectivity index (χ1) is 21.3. The first-order valence-electron chi connectivity index (χ1n) is 14.3. The molecule has 240 valence electrons. The molecule has 0 spiro atoms. The minimum Gasteiger partial charge on any atom is -0.490 e. The van der Waals surface area contributed by atoms with Crippen molar-refractivity contribution in [2.45, 2.75) is 64.7 Å². The number of alkyl halides is 6. The number of benzene rings is 2. The van der Waals surface area contributed by atoms with Crippen molar-refractivity contribution >= 4 is 29.0 Å². The van der Waals surface area contributed by atoms with E-state index in [2.05, 4.69) is 10.2 Å². The smallest absolute Gasteiger partial charge is 0.416 e. The standard InChI is InChI=1S/C31H30F6N4O3S/c1-18(2)44-27-14-23(7-8-24(27)25-13-22(16-42)39-40-25)43-17-28-26(15-41-11-9-21(10-12-41)31(35,36)37)38-29(45-28)19-3-5-20(6-4-19)30(32,33)34/h3-8,14,16,18,21H,9-13,15,17H2,1-2H3. The number of aromatic nitrogens is 1. The van der Waals surface area contributed by atoms with Crippen molar-refractivity contribution in [3.05, 3.63) is 64.2 Å². The zero-order chi connectivity index (χ0) is 32.4. The maximum Gasteiger partial charge on any atom is 0.416 e. The first kappa shape index (κ1) is 32.6. The monoisotopic (exact) mass is 652 g/mol. The summed E-state index contributed by atoms with van der Waals surface area (Å²) in [6.07, 6.45) is -7.98. The van der Waals surface area contributed by atoms with Crippen LogP contribution in [0.15, 0.2) is 52.7 Å². The Kier molecular flexibility index (Phi) is 9.63. The van der Waals surface area contributed by atoms with Crippen LogP contribution >= 0.6 is 11.3 Å². The molecular weight excluding hydrogens is 622 g/mol. The lowest BCUT2D eigenvalue weighted by Gasteiger charge is -2.32. The van der Waals surface area contributed by atoms with Crippen molar-refractivity contribution in [1.82, 2.24) is 9.88 Å². The number of halogens is 6. The minimum absolute atomic E-state index is 0.0130. The molecule has 1 saturated heterocycles. The Balaban J connectivity index is 1.37. The van der Waals surface area contributed by atoms with Gasteiger partial charge in [-0.3, -0.25) is 9.69 Å². The average molecular weight is 653 g/mol. The van der Waals surface area contributed by atoms with Gasteiger partial charge in [-0.25, -0.2) is 4.98 Å². The molecule has 7 nitrogen and oxygen atoms in total. The van der Waals surface area contributed by atoms with Crippen LogP contribution in [-0.4, -0.2) is 53.0 Å². The molecule has 2 aromatic carbocycles. The highest BCUT2D eigenvalue weighted by molar-refractivity contribution is 7.15. The number of hydrogen-bond donors (Lipinski definition) is 0. The molecule has 2 aliphatic heterocycles. The topological polar surface area (TPSA) is 76.4 Å². The zero-order valence-electron chi connectivity index (χ0n) is 24.4. The van der Waals surface area contributed by atoms with Gasteiger partial charge < -0.3 is 9.47 Å². The summed E-state index contributed by atoms with van der Waals surface area (Å²) in [6.45, 7) is 4.56. The van der Waals surface area contributed by atoms with E-state index in [4.69, 9.17) is 14.5 Å². The van der Waals surface area contributed by atoms with Crippen LogP contribution in [0.4, 0.5) is 26.3 Å². The number of nitrogens with zero attached hydrogens (tertiary/aromatic N) is 4. The van der Waals surface area contributed by atoms with Gasteiger partial charge in [-0.2, -0.15) is 36.5 Å². The fourth-order valence-electron chi connectivity index (χ4n) is 5.09. The van der Waals surface area contributed by atoms with Crippen LogP contribution in [0.2, 0.25) is 0 Å². The fourth-order valence-corrected chi connectivity index (χ4v) is 6.08. The molecule has 3 aromatic rings. The number of ether oxygens (including phenoxy) is 2. The van der Waals surface area contributed by atoms with Gasteiger partial charge in [0.05, 0.1) is 33.9 Å². The van der Waals surface area contributed by atoms with Crippen LogP contribution in [0.25, 0.3) is 10.6 Å². The molecule has 0 aliphatic carbocycles. The van der Waals surface area contributed by atoms with E-state index >= 15 is 0 Å². The van der Waals surface area contributed by atoms with Gasteiger partial charge in [0, 0.05) is 30.2 Å². The second kappa shape index (κ2) is 13.3. The molecule has 0 radical (unpaired) electrons. The van der Waals surface area contributed by atoms with Crippen LogP contribution in [0.1, 0.15) is 54.8 Å². The second-order valence-corrected chi connectivity index (χ2v) is 12.2. The van der Waals surface area contributed by atoms with Gasteiger partial charge in [0.2, 0.25) is 0 Å². The molecule has 14 heteroatoms. The number of aldehydes is 1. The first-order valence-corrected chi connectivity index (χ1v) is 15.1. The summed E-state index contributed by atoms with van der Waals surface area (Å²) in [4.78, 5) is 18.4. The van der Waals surface area contributed by atoms with Crippen molar-refractivity contribution in [3.8, 4) is 22.1 Å². The Morgan fingerprint density at radius 3 is 2.33 bits per heavy atom. The summed E-state index contributed by atoms with van der Waals surface area (Å²) in [5, 5.41) is 8.46. The SMILES string of the molecule is CC(C)Oc1cc(OCc2sc(-c3ccc(C(F)(F)F)cc3)nc2CN2CCC(C(F)(F)F)CC2)ccc1C1=NN=C(C=O)C1. The van der Waals surface area contributed by atoms with E-state index in [0.717, 1.165) is 12.1 Å². The van der Waals surface area contributed by atoms with E-state index in [0.29, 0.717) is 55.9 Å². The summed E-state index contributed by atoms with van der Waals surface area (Å²) in [7, 11) is 0. The van der Waals surface area contributed by atoms with Gasteiger partial charge in [0.1, 0.15) is 28.8 Å². The molecule has 2 aliphatic rings. The molecule has 0 amide bonds. The van der Waals surface area contributed by atoms with Crippen LogP contribution in [0.3, 0.4) is 0 Å². The lowest BCUT2D eigenvalue weighted by Crippen LogP contribution is -2.38. The Labute approximate surface area is 259 Å². The molecule has 0 saturated carbocycles. The van der Waals surface area contributed by atoms with Crippen molar-refractivity contribution in [2.24, 2.45) is 16.1 Å². The molecule has 45 heavy (non-hydrogen) atoms. The van der Waals surface area contributed by atoms with E-state index in [1.807, 2.05) is 18.7 Å². The minimum atomic E-state index is -4.48. The van der Waals surface area contributed by atoms with E-state index < -0.39 is 23.8 Å². The molecule has 0 unspecified atom stereocenters. The third-order valence-electron chi connectivity index (χ3n) is 7.44. The molecule has 0 bridgehead atoms. The van der Waals surface area contributed by atoms with Gasteiger partial charge in [-0.15, -0.1) is 11.3 Å². The average Bonchev–Trinajstić information content (AvgIpc) is 3.63. The highest BCUT2D eigenvalue weighted by atomic mass is 32.1. The molecule has 0 atom stereocenters. The summed E-state index contributed by atoms with van der Waals surface area (Å²) in [5.74, 6) is -0.385. The van der Waals surface area contributed by atoms with Gasteiger partial charge in [-0.1, -0.05) is 12.1 Å². The van der Waals surface area contributed by atoms with Gasteiger partial charge >= 0.3 is 12.4 Å². The third kappa shape index (κ3) is 8.09. The normalized spacial score (nSPS) is 16.6. The second-order valence-electron chi connectivity index (χ2n) is 11.1. The van der Waals surface area contributed by atoms with E-state index in [-0.39, 0.29) is 51.6 Å². The maximum atomic E-state index is 13.2. The van der Waals surface area contributed by atoms with Crippen molar-refractivity contribution < 1.29 is 40.6 Å². The predicted octanol–water partition coefficient (Wildman–Crippen LogP) is 7.72. The van der Waals surface area contributed by atoms with Crippen LogP contribution in [0.5, 0.6) is 11.5 Å². The van der Waals surface area contributed by atoms with Crippen LogP contribution < -0.4 is 9.47 Å². The van der Waals surface area contributed by atoms with Crippen molar-refractivity contribution in [1.29, 1.82) is 0 Å². The van der Waals surface area contributed by atoms with Crippen molar-refractivity contribution in [3.63, 3.8) is 0 Å². The molecule has 5 rings (SSSR count). The summed E-state index contributed by atoms with van der Waals surface area (Å²) < 4.78 is 91.1. The van der Waals surface area contributed by atoms with E-state index in [1.165, 1.54) is 23.5 Å². The van der Waals surface area contributed by atoms with Crippen molar-refractivity contribution in [2.75, 3.05) is 13.1 Å². The largest absolute Gasteiger partial charge is 0.490 e. The van der Waals surface area contributed by atoms with Crippen LogP contribution in [-0.2, 0) is 24.1 Å². The zero-order valence-corrected chi connectivity index (χ0v) is 25.2. The number of thiazole rings is 1. The molecule has 0 N–H and O–H groups in total. The van der Waals surface area contributed by atoms with Gasteiger partial charge in [-0.05, 0) is 64.0 Å². The summed E-state index contributed by atoms with van der Waals surface area (Å²) >= 11 is 1.26. The third-order valence-corrected chi connectivity index (χ3v) is 8.56. The summed E-state index contributed by atoms with van der Waals surface area (Å²) in [5.41, 5.74) is 1.86. The van der Waals surface area contributed by atoms with Gasteiger partial charge in [0.15, 0.2) is 6.29 Å². The van der Waals surface area contributed by atoms with Gasteiger partial charge in [0.25, 0.3) is 0 Å². The fraction of sp³-hybridized carbons (Fsp3) is 0.419. The van der Waals surface area contributed by atoms with E-state index in [1.54, 1.807) is 18.2 Å². The Bertz CT molecular complexity index is 1570. The lowest BCUT2D eigenvalue weighted by atomic mass is 9.96. The number of carbonyl (C=O) groups excluding carboxylic acids is 1. The van der Waals surface area contributed by atoms with E-state index in [9.17, 15) is 31.1 Å². The Morgan fingerprint density at radius 2 is 1.73 bits per heavy atom. The quantitative estimate of drug-likeness (QED) is 0.166. The number of hydrogen-bond acceptors (Lipinski definition) is 8. The molecular formula is C31H30F6N4O3S. The Morgan fingerprint density at radius 1 is 1.02 bits per heavy atom. The predicted molar refractivity (Wildman–Crippen MR) is 158 cm³/mol.